The first kappa shape index (κ1) is 30.9. The first-order valence-electron chi connectivity index (χ1n) is 9.43. The SMILES string of the molecule is N#CC(C#N)=c1c(S(F)(F)(F)(F)F)c/c(=C(\C#N)c2cc(C(F)(F)F)c(C#N)c(C(F)(F)F)c2)c(C#N)c1C#N. The van der Waals surface area contributed by atoms with Crippen LogP contribution < -0.4 is 10.4 Å². The minimum Gasteiger partial charge on any atom is -0.192 e. The molecule has 2 rings (SSSR count). The van der Waals surface area contributed by atoms with Gasteiger partial charge in [-0.15, -0.1) is 0 Å². The average molecular weight is 592 g/mol. The van der Waals surface area contributed by atoms with Crippen LogP contribution >= 0.6 is 10.2 Å². The van der Waals surface area contributed by atoms with E-state index in [4.69, 9.17) is 15.8 Å². The maximum atomic E-state index is 14.0. The van der Waals surface area contributed by atoms with Crippen LogP contribution in [0.1, 0.15) is 33.4 Å². The molecular weight excluding hydrogens is 589 g/mol. The van der Waals surface area contributed by atoms with E-state index in [1.165, 1.54) is 0 Å². The van der Waals surface area contributed by atoms with Crippen LogP contribution in [-0.4, -0.2) is 0 Å². The summed E-state index contributed by atoms with van der Waals surface area (Å²) >= 11 is 0. The normalized spacial score (nSPS) is 14.0. The van der Waals surface area contributed by atoms with Crippen molar-refractivity contribution in [3.8, 4) is 36.4 Å². The number of nitrogens with zero attached hydrogens (tertiary/aromatic N) is 6. The zero-order valence-electron chi connectivity index (χ0n) is 18.5. The number of alkyl halides is 6. The Kier molecular flexibility index (Phi) is 6.86. The van der Waals surface area contributed by atoms with Crippen molar-refractivity contribution in [1.29, 1.82) is 31.6 Å². The minimum atomic E-state index is -11.1. The third-order valence-corrected chi connectivity index (χ3v) is 6.09. The highest BCUT2D eigenvalue weighted by atomic mass is 32.5. The standard InChI is InChI=1S/C22H3F11N6S/c23-21(24,25)17-1-10(2-18(16(17)9-39)22(26,27)28)13(6-36)12-3-19(40(29,30,31,32)33)20(11(4-34)5-35)15(8-38)14(12)7-37/h1-3H/b13-12-. The van der Waals surface area contributed by atoms with Crippen LogP contribution in [0.15, 0.2) is 23.1 Å². The molecule has 0 N–H and O–H groups in total. The van der Waals surface area contributed by atoms with Gasteiger partial charge in [-0.2, -0.15) is 57.9 Å². The third kappa shape index (κ3) is 5.59. The van der Waals surface area contributed by atoms with Crippen LogP contribution in [0.3, 0.4) is 0 Å². The van der Waals surface area contributed by atoms with E-state index in [9.17, 15) is 61.6 Å². The van der Waals surface area contributed by atoms with Crippen molar-refractivity contribution in [2.75, 3.05) is 0 Å². The Bertz CT molecular complexity index is 1810. The molecule has 18 heteroatoms. The smallest absolute Gasteiger partial charge is 0.192 e. The molecule has 0 bridgehead atoms. The van der Waals surface area contributed by atoms with Crippen molar-refractivity contribution in [2.24, 2.45) is 0 Å². The molecular formula is C22H3F11N6S. The summed E-state index contributed by atoms with van der Waals surface area (Å²) in [5.74, 6) is 0. The molecule has 0 spiro atoms. The highest BCUT2D eigenvalue weighted by Gasteiger charge is 2.66. The second-order valence-corrected chi connectivity index (χ2v) is 9.76. The number of halogens is 11. The molecule has 6 nitrogen and oxygen atoms in total. The van der Waals surface area contributed by atoms with Gasteiger partial charge >= 0.3 is 22.6 Å². The summed E-state index contributed by atoms with van der Waals surface area (Å²) < 4.78 is 151. The number of hydrogen-bond donors (Lipinski definition) is 0. The number of rotatable bonds is 2. The van der Waals surface area contributed by atoms with Crippen molar-refractivity contribution in [3.63, 3.8) is 0 Å². The van der Waals surface area contributed by atoms with E-state index >= 15 is 0 Å². The lowest BCUT2D eigenvalue weighted by molar-refractivity contribution is -0.143. The van der Waals surface area contributed by atoms with Gasteiger partial charge in [0.2, 0.25) is 0 Å². The Hall–Kier alpha value is -5.30. The second kappa shape index (κ2) is 8.88. The summed E-state index contributed by atoms with van der Waals surface area (Å²) in [6.45, 7) is 0. The molecule has 0 radical (unpaired) electrons. The number of nitriles is 6. The van der Waals surface area contributed by atoms with Gasteiger partial charge in [0.15, 0.2) is 0 Å². The molecule has 0 saturated carbocycles. The van der Waals surface area contributed by atoms with Gasteiger partial charge in [0.1, 0.15) is 46.9 Å². The Balaban J connectivity index is 3.58. The second-order valence-electron chi connectivity index (χ2n) is 7.38. The molecule has 0 amide bonds. The van der Waals surface area contributed by atoms with E-state index in [0.29, 0.717) is 6.07 Å². The molecule has 204 valence electrons. The lowest BCUT2D eigenvalue weighted by Gasteiger charge is -2.41. The summed E-state index contributed by atoms with van der Waals surface area (Å²) in [5, 5.41) is 51.6. The van der Waals surface area contributed by atoms with Crippen LogP contribution in [0.5, 0.6) is 0 Å². The Morgan fingerprint density at radius 1 is 0.600 bits per heavy atom. The Morgan fingerprint density at radius 3 is 1.32 bits per heavy atom. The first-order valence-corrected chi connectivity index (χ1v) is 11.4. The van der Waals surface area contributed by atoms with E-state index in [2.05, 4.69) is 0 Å². The lowest BCUT2D eigenvalue weighted by atomic mass is 9.91. The molecule has 0 heterocycles. The molecule has 0 aliphatic rings. The summed E-state index contributed by atoms with van der Waals surface area (Å²) in [6.07, 6.45) is -11.4. The molecule has 0 aliphatic heterocycles. The van der Waals surface area contributed by atoms with Crippen LogP contribution in [0.2, 0.25) is 0 Å². The monoisotopic (exact) mass is 592 g/mol. The van der Waals surface area contributed by atoms with E-state index in [1.807, 2.05) is 0 Å². The molecule has 0 atom stereocenters. The summed E-state index contributed by atoms with van der Waals surface area (Å²) in [5.41, 5.74) is -14.8. The minimum absolute atomic E-state index is 0.269. The fourth-order valence-electron chi connectivity index (χ4n) is 3.41. The van der Waals surface area contributed by atoms with E-state index < -0.39 is 88.5 Å². The topological polar surface area (TPSA) is 143 Å². The predicted octanol–water partition coefficient (Wildman–Crippen LogP) is 5.92. The fourth-order valence-corrected chi connectivity index (χ4v) is 4.34. The molecule has 0 saturated heterocycles. The maximum absolute atomic E-state index is 14.0. The van der Waals surface area contributed by atoms with Crippen LogP contribution in [-0.2, 0) is 12.4 Å². The van der Waals surface area contributed by atoms with Gasteiger partial charge in [-0.25, -0.2) is 0 Å². The van der Waals surface area contributed by atoms with Gasteiger partial charge in [0.05, 0.1) is 33.4 Å². The highest BCUT2D eigenvalue weighted by molar-refractivity contribution is 8.45. The fraction of sp³-hybridized carbons (Fsp3) is 0.0909. The summed E-state index contributed by atoms with van der Waals surface area (Å²) in [6, 6.07) is 3.93. The zero-order chi connectivity index (χ0) is 31.1. The van der Waals surface area contributed by atoms with Crippen molar-refractivity contribution in [3.05, 3.63) is 62.0 Å². The van der Waals surface area contributed by atoms with Crippen molar-refractivity contribution < 1.29 is 45.8 Å². The highest BCUT2D eigenvalue weighted by Crippen LogP contribution is 3.01. The van der Waals surface area contributed by atoms with Crippen LogP contribution in [0.25, 0.3) is 11.1 Å². The van der Waals surface area contributed by atoms with Gasteiger partial charge in [-0.1, -0.05) is 19.4 Å². The average Bonchev–Trinajstić information content (AvgIpc) is 2.81. The molecule has 0 fully saturated rings. The van der Waals surface area contributed by atoms with E-state index in [-0.39, 0.29) is 12.1 Å². The zero-order valence-corrected chi connectivity index (χ0v) is 19.3. The Labute approximate surface area is 214 Å². The number of hydrogen-bond acceptors (Lipinski definition) is 6. The van der Waals surface area contributed by atoms with Gasteiger partial charge in [0, 0.05) is 10.4 Å². The van der Waals surface area contributed by atoms with Gasteiger partial charge in [-0.3, -0.25) is 0 Å². The molecule has 0 aliphatic carbocycles. The van der Waals surface area contributed by atoms with Gasteiger partial charge in [-0.05, 0) is 23.8 Å². The van der Waals surface area contributed by atoms with Crippen molar-refractivity contribution in [2.45, 2.75) is 17.2 Å². The molecule has 0 unspecified atom stereocenters. The van der Waals surface area contributed by atoms with Gasteiger partial charge in [0.25, 0.3) is 0 Å². The van der Waals surface area contributed by atoms with Gasteiger partial charge < -0.3 is 0 Å². The van der Waals surface area contributed by atoms with Crippen LogP contribution in [0, 0.1) is 68.0 Å². The molecule has 0 aromatic heterocycles. The van der Waals surface area contributed by atoms with E-state index in [0.717, 1.165) is 30.3 Å². The lowest BCUT2D eigenvalue weighted by Crippen LogP contribution is -2.30. The summed E-state index contributed by atoms with van der Waals surface area (Å²) in [4.78, 5) is -3.18. The van der Waals surface area contributed by atoms with Crippen LogP contribution in [0.4, 0.5) is 45.8 Å². The summed E-state index contributed by atoms with van der Waals surface area (Å²) in [7, 11) is -11.1. The molecule has 40 heavy (non-hydrogen) atoms. The largest absolute Gasteiger partial charge is 0.417 e. The van der Waals surface area contributed by atoms with Crippen molar-refractivity contribution >= 4 is 21.4 Å². The molecule has 2 aromatic carbocycles. The van der Waals surface area contributed by atoms with E-state index in [1.54, 1.807) is 0 Å². The molecule has 2 aromatic rings. The quantitative estimate of drug-likeness (QED) is 0.397. The number of benzene rings is 2. The predicted molar refractivity (Wildman–Crippen MR) is 110 cm³/mol. The Morgan fingerprint density at radius 2 is 1.02 bits per heavy atom. The van der Waals surface area contributed by atoms with Crippen molar-refractivity contribution in [1.82, 2.24) is 0 Å². The third-order valence-electron chi connectivity index (χ3n) is 4.93. The first-order chi connectivity index (χ1) is 18.0. The maximum Gasteiger partial charge on any atom is 0.417 e.